The first-order valence-electron chi connectivity index (χ1n) is 5.50. The molecule has 1 aromatic rings. The van der Waals surface area contributed by atoms with Gasteiger partial charge in [-0.05, 0) is 24.3 Å². The minimum Gasteiger partial charge on any atom is -0.244 e. The van der Waals surface area contributed by atoms with Gasteiger partial charge in [0.1, 0.15) is 0 Å². The molecule has 2 heterocycles. The fourth-order valence-electron chi connectivity index (χ4n) is 1.63. The highest BCUT2D eigenvalue weighted by molar-refractivity contribution is 5.97. The lowest BCUT2D eigenvalue weighted by Crippen LogP contribution is -2.47. The first-order valence-corrected chi connectivity index (χ1v) is 5.50. The van der Waals surface area contributed by atoms with Crippen molar-refractivity contribution in [3.05, 3.63) is 24.3 Å². The van der Waals surface area contributed by atoms with Gasteiger partial charge >= 0.3 is 12.1 Å². The topological polar surface area (TPSA) is 118 Å². The van der Waals surface area contributed by atoms with Crippen LogP contribution >= 0.6 is 0 Å². The molecular weight excluding hydrogens is 264 g/mol. The van der Waals surface area contributed by atoms with Crippen LogP contribution in [-0.4, -0.2) is 24.7 Å². The third-order valence-corrected chi connectivity index (χ3v) is 2.49. The van der Waals surface area contributed by atoms with Crippen LogP contribution in [0.25, 0.3) is 0 Å². The van der Waals surface area contributed by atoms with E-state index in [1.165, 1.54) is 12.7 Å². The highest BCUT2D eigenvalue weighted by Crippen LogP contribution is 2.20. The summed E-state index contributed by atoms with van der Waals surface area (Å²) >= 11 is 0. The van der Waals surface area contributed by atoms with E-state index in [1.54, 1.807) is 24.3 Å². The van der Waals surface area contributed by atoms with Crippen molar-refractivity contribution in [1.82, 2.24) is 21.7 Å². The minimum atomic E-state index is -0.465. The maximum absolute atomic E-state index is 11.5. The maximum atomic E-state index is 11.5. The van der Waals surface area contributed by atoms with Crippen LogP contribution in [0.4, 0.5) is 21.0 Å². The Kier molecular flexibility index (Phi) is 2.80. The van der Waals surface area contributed by atoms with Gasteiger partial charge in [0.25, 0.3) is 0 Å². The fourth-order valence-corrected chi connectivity index (χ4v) is 1.63. The van der Waals surface area contributed by atoms with E-state index in [4.69, 9.17) is 0 Å². The smallest absolute Gasteiger partial charge is 0.244 e. The molecule has 10 heteroatoms. The highest BCUT2D eigenvalue weighted by atomic mass is 16.2. The Bertz CT molecular complexity index is 543. The number of urea groups is 2. The fraction of sp³-hybridized carbons (Fsp3) is 0. The zero-order chi connectivity index (χ0) is 13.9. The lowest BCUT2D eigenvalue weighted by Gasteiger charge is -2.23. The summed E-state index contributed by atoms with van der Waals surface area (Å²) in [5.41, 5.74) is 13.3. The SMILES string of the molecule is O=C1NN=C[N]N1c1ccc(N2[N]C=NNC2=O)cc1. The molecule has 1 aromatic carbocycles. The zero-order valence-electron chi connectivity index (χ0n) is 9.96. The number of hydrogen-bond donors (Lipinski definition) is 2. The monoisotopic (exact) mass is 272 g/mol. The van der Waals surface area contributed by atoms with Crippen LogP contribution in [0.2, 0.25) is 0 Å². The van der Waals surface area contributed by atoms with Crippen LogP contribution in [-0.2, 0) is 0 Å². The molecule has 0 spiro atoms. The standard InChI is InChI=1S/C10H8N8O2/c19-9-15-11-5-13-17(9)7-1-2-8(4-3-7)18-10(20)16-12-6-14-18/h1-6H,(H,15,19)(H,16,20). The predicted molar refractivity (Wildman–Crippen MR) is 69.7 cm³/mol. The molecule has 10 nitrogen and oxygen atoms in total. The first kappa shape index (κ1) is 11.8. The maximum Gasteiger partial charge on any atom is 0.363 e. The van der Waals surface area contributed by atoms with Crippen LogP contribution < -0.4 is 31.7 Å². The Hall–Kier alpha value is -3.30. The molecule has 100 valence electrons. The second-order valence-corrected chi connectivity index (χ2v) is 3.69. The molecule has 0 bridgehead atoms. The number of benzene rings is 1. The number of rotatable bonds is 2. The summed E-state index contributed by atoms with van der Waals surface area (Å²) in [5, 5.41) is 9.31. The van der Waals surface area contributed by atoms with E-state index in [0.717, 1.165) is 10.0 Å². The summed E-state index contributed by atoms with van der Waals surface area (Å²) in [6.07, 6.45) is 2.44. The van der Waals surface area contributed by atoms with Crippen LogP contribution in [0.3, 0.4) is 0 Å². The number of carbonyl (C=O) groups is 2. The van der Waals surface area contributed by atoms with E-state index in [2.05, 4.69) is 31.9 Å². The van der Waals surface area contributed by atoms with Crippen molar-refractivity contribution in [2.24, 2.45) is 10.2 Å². The number of amides is 4. The van der Waals surface area contributed by atoms with Crippen molar-refractivity contribution in [2.75, 3.05) is 10.0 Å². The molecule has 0 fully saturated rings. The van der Waals surface area contributed by atoms with E-state index in [9.17, 15) is 9.59 Å². The minimum absolute atomic E-state index is 0.465. The molecule has 0 atom stereocenters. The van der Waals surface area contributed by atoms with Gasteiger partial charge in [-0.25, -0.2) is 20.4 Å². The molecule has 0 saturated heterocycles. The van der Waals surface area contributed by atoms with Crippen molar-refractivity contribution in [2.45, 2.75) is 0 Å². The molecule has 0 aliphatic carbocycles. The van der Waals surface area contributed by atoms with E-state index in [-0.39, 0.29) is 0 Å². The summed E-state index contributed by atoms with van der Waals surface area (Å²) in [7, 11) is 0. The largest absolute Gasteiger partial charge is 0.363 e. The molecule has 2 aliphatic heterocycles. The Labute approximate surface area is 113 Å². The zero-order valence-corrected chi connectivity index (χ0v) is 9.96. The first-order chi connectivity index (χ1) is 9.75. The van der Waals surface area contributed by atoms with E-state index in [1.807, 2.05) is 0 Å². The number of carbonyl (C=O) groups excluding carboxylic acids is 2. The van der Waals surface area contributed by atoms with Crippen molar-refractivity contribution < 1.29 is 9.59 Å². The Morgan fingerprint density at radius 3 is 1.50 bits per heavy atom. The average Bonchev–Trinajstić information content (AvgIpc) is 2.49. The molecule has 0 saturated carbocycles. The number of nitrogens with one attached hydrogen (secondary N) is 2. The van der Waals surface area contributed by atoms with Gasteiger partial charge in [-0.3, -0.25) is 0 Å². The van der Waals surface area contributed by atoms with Crippen LogP contribution in [0.5, 0.6) is 0 Å². The number of anilines is 2. The lowest BCUT2D eigenvalue weighted by atomic mass is 10.2. The third kappa shape index (κ3) is 2.05. The van der Waals surface area contributed by atoms with Gasteiger partial charge in [0, 0.05) is 0 Å². The summed E-state index contributed by atoms with van der Waals surface area (Å²) < 4.78 is 0. The molecule has 4 amide bonds. The highest BCUT2D eigenvalue weighted by Gasteiger charge is 2.21. The van der Waals surface area contributed by atoms with Gasteiger partial charge in [-0.15, -0.1) is 10.9 Å². The van der Waals surface area contributed by atoms with E-state index >= 15 is 0 Å². The average molecular weight is 272 g/mol. The summed E-state index contributed by atoms with van der Waals surface area (Å²) in [6, 6.07) is 5.59. The number of hydrogen-bond acceptors (Lipinski definition) is 4. The van der Waals surface area contributed by atoms with Crippen molar-refractivity contribution in [1.29, 1.82) is 0 Å². The van der Waals surface area contributed by atoms with Crippen molar-refractivity contribution >= 4 is 36.1 Å². The van der Waals surface area contributed by atoms with Crippen LogP contribution in [0.1, 0.15) is 0 Å². The molecule has 0 aromatic heterocycles. The second kappa shape index (κ2) is 4.76. The molecule has 20 heavy (non-hydrogen) atoms. The normalized spacial score (nSPS) is 17.2. The summed E-state index contributed by atoms with van der Waals surface area (Å²) in [4.78, 5) is 23.1. The Morgan fingerprint density at radius 1 is 0.750 bits per heavy atom. The van der Waals surface area contributed by atoms with Crippen molar-refractivity contribution in [3.63, 3.8) is 0 Å². The van der Waals surface area contributed by atoms with E-state index < -0.39 is 12.1 Å². The third-order valence-electron chi connectivity index (χ3n) is 2.49. The molecular formula is C10H8N8O2. The summed E-state index contributed by atoms with van der Waals surface area (Å²) in [5.74, 6) is 0. The Balaban J connectivity index is 1.81. The van der Waals surface area contributed by atoms with Gasteiger partial charge in [-0.2, -0.15) is 20.2 Å². The lowest BCUT2D eigenvalue weighted by molar-refractivity contribution is 0.243. The van der Waals surface area contributed by atoms with Gasteiger partial charge in [-0.1, -0.05) is 0 Å². The van der Waals surface area contributed by atoms with Crippen LogP contribution in [0, 0.1) is 0 Å². The van der Waals surface area contributed by atoms with Gasteiger partial charge < -0.3 is 0 Å². The quantitative estimate of drug-likeness (QED) is 0.766. The van der Waals surface area contributed by atoms with Crippen molar-refractivity contribution in [3.8, 4) is 0 Å². The number of nitrogens with zero attached hydrogens (tertiary/aromatic N) is 6. The summed E-state index contributed by atoms with van der Waals surface area (Å²) in [6.45, 7) is 0. The molecule has 2 aliphatic rings. The van der Waals surface area contributed by atoms with Crippen LogP contribution in [0.15, 0.2) is 34.5 Å². The number of hydrazone groups is 2. The van der Waals surface area contributed by atoms with E-state index in [0.29, 0.717) is 11.4 Å². The molecule has 0 unspecified atom stereocenters. The second-order valence-electron chi connectivity index (χ2n) is 3.69. The van der Waals surface area contributed by atoms with Gasteiger partial charge in [0.15, 0.2) is 12.7 Å². The predicted octanol–water partition coefficient (Wildman–Crippen LogP) is -0.329. The molecule has 2 radical (unpaired) electrons. The molecule has 3 rings (SSSR count). The van der Waals surface area contributed by atoms with Gasteiger partial charge in [0.2, 0.25) is 0 Å². The molecule has 2 N–H and O–H groups in total. The Morgan fingerprint density at radius 2 is 1.15 bits per heavy atom. The van der Waals surface area contributed by atoms with Gasteiger partial charge in [0.05, 0.1) is 11.4 Å².